The summed E-state index contributed by atoms with van der Waals surface area (Å²) in [6, 6.07) is 0. The van der Waals surface area contributed by atoms with Gasteiger partial charge >= 0.3 is 5.69 Å². The zero-order valence-electron chi connectivity index (χ0n) is 13.5. The normalized spacial score (nSPS) is 18.4. The van der Waals surface area contributed by atoms with Crippen molar-refractivity contribution in [1.82, 2.24) is 19.5 Å². The molecule has 1 aliphatic heterocycles. The lowest BCUT2D eigenvalue weighted by molar-refractivity contribution is 0.00605. The van der Waals surface area contributed by atoms with Crippen LogP contribution in [0.1, 0.15) is 39.0 Å². The molecule has 8 heteroatoms. The number of H-pyrrole nitrogens is 1. The van der Waals surface area contributed by atoms with Crippen LogP contribution in [0.4, 0.5) is 11.8 Å². The Morgan fingerprint density at radius 3 is 3.04 bits per heavy atom. The first-order valence-corrected chi connectivity index (χ1v) is 8.30. The van der Waals surface area contributed by atoms with Crippen molar-refractivity contribution in [3.05, 3.63) is 10.5 Å². The first kappa shape index (κ1) is 15.8. The van der Waals surface area contributed by atoms with E-state index in [1.54, 1.807) is 4.57 Å². The fraction of sp³-hybridized carbons (Fsp3) is 0.667. The fourth-order valence-corrected chi connectivity index (χ4v) is 2.83. The van der Waals surface area contributed by atoms with Crippen LogP contribution in [0.3, 0.4) is 0 Å². The molecular weight excluding hydrogens is 296 g/mol. The average molecular weight is 320 g/mol. The number of aromatic amines is 1. The first-order chi connectivity index (χ1) is 11.2. The Balaban J connectivity index is 1.89. The van der Waals surface area contributed by atoms with Crippen LogP contribution in [0, 0.1) is 0 Å². The van der Waals surface area contributed by atoms with Crippen LogP contribution in [-0.4, -0.2) is 38.8 Å². The lowest BCUT2D eigenvalue weighted by Gasteiger charge is -2.22. The molecule has 23 heavy (non-hydrogen) atoms. The molecule has 0 radical (unpaired) electrons. The quantitative estimate of drug-likeness (QED) is 0.695. The smallest absolute Gasteiger partial charge is 0.327 e. The van der Waals surface area contributed by atoms with Crippen molar-refractivity contribution in [2.24, 2.45) is 0 Å². The maximum Gasteiger partial charge on any atom is 0.327 e. The Morgan fingerprint density at radius 1 is 1.43 bits per heavy atom. The first-order valence-electron chi connectivity index (χ1n) is 8.30. The van der Waals surface area contributed by atoms with Crippen LogP contribution in [-0.2, 0) is 11.3 Å². The van der Waals surface area contributed by atoms with E-state index in [1.807, 2.05) is 0 Å². The minimum atomic E-state index is -0.221. The molecular formula is C15H24N6O2. The molecule has 3 heterocycles. The van der Waals surface area contributed by atoms with Crippen molar-refractivity contribution >= 4 is 22.9 Å². The SMILES string of the molecule is CCCCNc1nc(N)c2[nH]c(=O)n(CC3CCCCO3)c2n1. The van der Waals surface area contributed by atoms with Gasteiger partial charge in [0.2, 0.25) is 5.95 Å². The molecule has 4 N–H and O–H groups in total. The summed E-state index contributed by atoms with van der Waals surface area (Å²) >= 11 is 0. The van der Waals surface area contributed by atoms with Crippen LogP contribution in [0.25, 0.3) is 11.2 Å². The summed E-state index contributed by atoms with van der Waals surface area (Å²) in [7, 11) is 0. The number of nitrogen functional groups attached to an aromatic ring is 1. The number of imidazole rings is 1. The van der Waals surface area contributed by atoms with Gasteiger partial charge in [-0.1, -0.05) is 13.3 Å². The average Bonchev–Trinajstić information content (AvgIpc) is 2.86. The molecule has 8 nitrogen and oxygen atoms in total. The minimum Gasteiger partial charge on any atom is -0.382 e. The third kappa shape index (κ3) is 3.47. The second-order valence-corrected chi connectivity index (χ2v) is 5.94. The number of aromatic nitrogens is 4. The molecule has 3 rings (SSSR count). The molecule has 0 saturated carbocycles. The predicted octanol–water partition coefficient (Wildman–Crippen LogP) is 1.48. The Hall–Kier alpha value is -2.09. The highest BCUT2D eigenvalue weighted by Crippen LogP contribution is 2.19. The van der Waals surface area contributed by atoms with Gasteiger partial charge in [-0.2, -0.15) is 9.97 Å². The molecule has 0 aromatic carbocycles. The zero-order valence-corrected chi connectivity index (χ0v) is 13.5. The highest BCUT2D eigenvalue weighted by atomic mass is 16.5. The number of nitrogens with one attached hydrogen (secondary N) is 2. The Bertz CT molecular complexity index is 717. The van der Waals surface area contributed by atoms with E-state index in [0.717, 1.165) is 45.3 Å². The minimum absolute atomic E-state index is 0.0492. The van der Waals surface area contributed by atoms with Crippen LogP contribution >= 0.6 is 0 Å². The summed E-state index contributed by atoms with van der Waals surface area (Å²) in [6.45, 7) is 4.14. The molecule has 2 aromatic heterocycles. The van der Waals surface area contributed by atoms with E-state index in [2.05, 4.69) is 27.2 Å². The van der Waals surface area contributed by atoms with Crippen molar-refractivity contribution in [3.63, 3.8) is 0 Å². The molecule has 1 atom stereocenters. The summed E-state index contributed by atoms with van der Waals surface area (Å²) in [4.78, 5) is 23.7. The van der Waals surface area contributed by atoms with Gasteiger partial charge in [0.1, 0.15) is 5.52 Å². The second kappa shape index (κ2) is 6.99. The molecule has 1 aliphatic rings. The maximum absolute atomic E-state index is 12.2. The Labute approximate surface area is 134 Å². The number of fused-ring (bicyclic) bond motifs is 1. The van der Waals surface area contributed by atoms with E-state index in [0.29, 0.717) is 23.7 Å². The number of anilines is 2. The van der Waals surface area contributed by atoms with Gasteiger partial charge in [-0.05, 0) is 25.7 Å². The van der Waals surface area contributed by atoms with Crippen molar-refractivity contribution in [2.45, 2.75) is 51.7 Å². The molecule has 1 saturated heterocycles. The standard InChI is InChI=1S/C15H24N6O2/c1-2-3-7-17-14-19-12(16)11-13(20-14)21(15(22)18-11)9-10-6-4-5-8-23-10/h10H,2-9H2,1H3,(H,18,22)(H3,16,17,19,20). The molecule has 0 bridgehead atoms. The molecule has 1 unspecified atom stereocenters. The number of hydrogen-bond acceptors (Lipinski definition) is 6. The van der Waals surface area contributed by atoms with E-state index < -0.39 is 0 Å². The van der Waals surface area contributed by atoms with Crippen molar-refractivity contribution in [1.29, 1.82) is 0 Å². The highest BCUT2D eigenvalue weighted by Gasteiger charge is 2.19. The van der Waals surface area contributed by atoms with Gasteiger partial charge in [0.15, 0.2) is 11.5 Å². The number of ether oxygens (including phenoxy) is 1. The van der Waals surface area contributed by atoms with Crippen LogP contribution in [0.2, 0.25) is 0 Å². The van der Waals surface area contributed by atoms with E-state index in [1.165, 1.54) is 0 Å². The summed E-state index contributed by atoms with van der Waals surface area (Å²) in [5, 5.41) is 3.16. The number of unbranched alkanes of at least 4 members (excludes halogenated alkanes) is 1. The third-order valence-electron chi connectivity index (χ3n) is 4.12. The number of rotatable bonds is 6. The molecule has 2 aromatic rings. The lowest BCUT2D eigenvalue weighted by Crippen LogP contribution is -2.29. The number of nitrogens with two attached hydrogens (primary N) is 1. The molecule has 126 valence electrons. The van der Waals surface area contributed by atoms with E-state index in [-0.39, 0.29) is 17.6 Å². The van der Waals surface area contributed by atoms with Crippen LogP contribution < -0.4 is 16.7 Å². The van der Waals surface area contributed by atoms with Crippen molar-refractivity contribution in [3.8, 4) is 0 Å². The second-order valence-electron chi connectivity index (χ2n) is 5.94. The molecule has 1 fully saturated rings. The highest BCUT2D eigenvalue weighted by molar-refractivity contribution is 5.82. The number of hydrogen-bond donors (Lipinski definition) is 3. The third-order valence-corrected chi connectivity index (χ3v) is 4.12. The molecule has 0 spiro atoms. The topological polar surface area (TPSA) is 111 Å². The fourth-order valence-electron chi connectivity index (χ4n) is 2.83. The maximum atomic E-state index is 12.2. The summed E-state index contributed by atoms with van der Waals surface area (Å²) < 4.78 is 7.34. The van der Waals surface area contributed by atoms with E-state index in [4.69, 9.17) is 10.5 Å². The van der Waals surface area contributed by atoms with Gasteiger partial charge in [-0.3, -0.25) is 4.57 Å². The summed E-state index contributed by atoms with van der Waals surface area (Å²) in [6.07, 6.45) is 5.33. The van der Waals surface area contributed by atoms with Crippen molar-refractivity contribution in [2.75, 3.05) is 24.2 Å². The van der Waals surface area contributed by atoms with Crippen LogP contribution in [0.15, 0.2) is 4.79 Å². The number of nitrogens with zero attached hydrogens (tertiary/aromatic N) is 3. The van der Waals surface area contributed by atoms with E-state index in [9.17, 15) is 4.79 Å². The van der Waals surface area contributed by atoms with Crippen molar-refractivity contribution < 1.29 is 4.74 Å². The summed E-state index contributed by atoms with van der Waals surface area (Å²) in [5.41, 5.74) is 6.78. The Kier molecular flexibility index (Phi) is 4.80. The summed E-state index contributed by atoms with van der Waals surface area (Å²) in [5.74, 6) is 0.746. The van der Waals surface area contributed by atoms with E-state index >= 15 is 0 Å². The molecule has 0 aliphatic carbocycles. The van der Waals surface area contributed by atoms with Gasteiger partial charge in [0, 0.05) is 13.2 Å². The van der Waals surface area contributed by atoms with Gasteiger partial charge in [-0.25, -0.2) is 4.79 Å². The van der Waals surface area contributed by atoms with Gasteiger partial charge in [-0.15, -0.1) is 0 Å². The lowest BCUT2D eigenvalue weighted by atomic mass is 10.1. The largest absolute Gasteiger partial charge is 0.382 e. The zero-order chi connectivity index (χ0) is 16.2. The van der Waals surface area contributed by atoms with Crippen LogP contribution in [0.5, 0.6) is 0 Å². The van der Waals surface area contributed by atoms with Gasteiger partial charge in [0.25, 0.3) is 0 Å². The predicted molar refractivity (Wildman–Crippen MR) is 89.5 cm³/mol. The van der Waals surface area contributed by atoms with Gasteiger partial charge in [0.05, 0.1) is 12.6 Å². The Morgan fingerprint density at radius 2 is 2.30 bits per heavy atom. The molecule has 0 amide bonds. The monoisotopic (exact) mass is 320 g/mol. The van der Waals surface area contributed by atoms with Gasteiger partial charge < -0.3 is 20.8 Å².